The van der Waals surface area contributed by atoms with Crippen molar-refractivity contribution in [1.29, 1.82) is 0 Å². The van der Waals surface area contributed by atoms with Crippen molar-refractivity contribution in [3.63, 3.8) is 0 Å². The topological polar surface area (TPSA) is 62.9 Å². The second kappa shape index (κ2) is 5.32. The van der Waals surface area contributed by atoms with Crippen LogP contribution in [0.5, 0.6) is 0 Å². The Morgan fingerprint density at radius 3 is 2.67 bits per heavy atom. The first-order chi connectivity index (χ1) is 7.06. The van der Waals surface area contributed by atoms with Crippen molar-refractivity contribution in [2.45, 2.75) is 45.4 Å². The molecule has 1 fully saturated rings. The lowest BCUT2D eigenvalue weighted by Gasteiger charge is -2.29. The van der Waals surface area contributed by atoms with Gasteiger partial charge in [-0.05, 0) is 27.2 Å². The fraction of sp³-hybridized carbons (Fsp3) is 0.900. The maximum Gasteiger partial charge on any atom is 0.208 e. The summed E-state index contributed by atoms with van der Waals surface area (Å²) in [6.07, 6.45) is 1.26. The molecule has 1 heterocycles. The molecule has 0 aromatic heterocycles. The average molecular weight is 214 g/mol. The summed E-state index contributed by atoms with van der Waals surface area (Å²) in [5, 5.41) is 0. The molecule has 3 N–H and O–H groups in total. The molecule has 0 aromatic carbocycles. The molecule has 5 heteroatoms. The Hall–Kier alpha value is -0.810. The van der Waals surface area contributed by atoms with Crippen molar-refractivity contribution >= 4 is 5.96 Å². The van der Waals surface area contributed by atoms with Gasteiger partial charge in [-0.2, -0.15) is 0 Å². The quantitative estimate of drug-likeness (QED) is 0.301. The van der Waals surface area contributed by atoms with E-state index in [-0.39, 0.29) is 12.1 Å². The Morgan fingerprint density at radius 2 is 2.27 bits per heavy atom. The number of rotatable bonds is 2. The summed E-state index contributed by atoms with van der Waals surface area (Å²) >= 11 is 0. The molecule has 5 nitrogen and oxygen atoms in total. The standard InChI is InChI=1S/C10H22N4O/c1-7(2)12-10(13-11)14(4)9-5-6-15-8(9)3/h7-9H,5-6,11H2,1-4H3,(H,12,13). The van der Waals surface area contributed by atoms with E-state index >= 15 is 0 Å². The molecule has 15 heavy (non-hydrogen) atoms. The third kappa shape index (κ3) is 3.07. The lowest BCUT2D eigenvalue weighted by atomic mass is 10.1. The highest BCUT2D eigenvalue weighted by molar-refractivity contribution is 5.79. The number of hydrogen-bond acceptors (Lipinski definition) is 3. The second-order valence-electron chi connectivity index (χ2n) is 4.23. The van der Waals surface area contributed by atoms with Crippen molar-refractivity contribution < 1.29 is 4.74 Å². The fourth-order valence-electron chi connectivity index (χ4n) is 1.86. The SMILES string of the molecule is CC(C)N=C(NN)N(C)C1CCOC1C. The smallest absolute Gasteiger partial charge is 0.208 e. The first-order valence-electron chi connectivity index (χ1n) is 5.45. The number of nitrogens with one attached hydrogen (secondary N) is 1. The van der Waals surface area contributed by atoms with Gasteiger partial charge < -0.3 is 9.64 Å². The van der Waals surface area contributed by atoms with Gasteiger partial charge in [0.1, 0.15) is 0 Å². The maximum atomic E-state index is 5.52. The van der Waals surface area contributed by atoms with Gasteiger partial charge >= 0.3 is 0 Å². The highest BCUT2D eigenvalue weighted by Gasteiger charge is 2.29. The van der Waals surface area contributed by atoms with E-state index in [0.29, 0.717) is 6.04 Å². The van der Waals surface area contributed by atoms with Crippen LogP contribution in [0.15, 0.2) is 4.99 Å². The zero-order valence-corrected chi connectivity index (χ0v) is 10.0. The molecule has 1 aliphatic rings. The first kappa shape index (κ1) is 12.3. The number of hydrazine groups is 1. The number of aliphatic imine (C=N–C) groups is 1. The fourth-order valence-corrected chi connectivity index (χ4v) is 1.86. The first-order valence-corrected chi connectivity index (χ1v) is 5.45. The molecule has 2 atom stereocenters. The van der Waals surface area contributed by atoms with Crippen LogP contribution < -0.4 is 11.3 Å². The largest absolute Gasteiger partial charge is 0.376 e. The number of nitrogens with zero attached hydrogens (tertiary/aromatic N) is 2. The summed E-state index contributed by atoms with van der Waals surface area (Å²) in [7, 11) is 2.00. The Kier molecular flexibility index (Phi) is 4.35. The van der Waals surface area contributed by atoms with Crippen LogP contribution in [0.25, 0.3) is 0 Å². The van der Waals surface area contributed by atoms with E-state index in [1.165, 1.54) is 0 Å². The molecule has 0 bridgehead atoms. The average Bonchev–Trinajstić information content (AvgIpc) is 2.59. The minimum absolute atomic E-state index is 0.233. The van der Waals surface area contributed by atoms with Gasteiger partial charge in [0.2, 0.25) is 5.96 Å². The minimum Gasteiger partial charge on any atom is -0.376 e. The predicted octanol–water partition coefficient (Wildman–Crippen LogP) is 0.323. The maximum absolute atomic E-state index is 5.52. The number of guanidine groups is 1. The molecule has 1 saturated heterocycles. The molecule has 1 aliphatic heterocycles. The summed E-state index contributed by atoms with van der Waals surface area (Å²) in [5.74, 6) is 6.20. The molecule has 88 valence electrons. The van der Waals surface area contributed by atoms with E-state index in [4.69, 9.17) is 10.6 Å². The Morgan fingerprint density at radius 1 is 1.60 bits per heavy atom. The van der Waals surface area contributed by atoms with Crippen LogP contribution in [-0.2, 0) is 4.74 Å². The summed E-state index contributed by atoms with van der Waals surface area (Å²) < 4.78 is 5.52. The molecular formula is C10H22N4O. The van der Waals surface area contributed by atoms with Crippen molar-refractivity contribution in [2.24, 2.45) is 10.8 Å². The van der Waals surface area contributed by atoms with Crippen LogP contribution >= 0.6 is 0 Å². The molecule has 0 saturated carbocycles. The second-order valence-corrected chi connectivity index (χ2v) is 4.23. The molecule has 1 rings (SSSR count). The molecule has 2 unspecified atom stereocenters. The lowest BCUT2D eigenvalue weighted by Crippen LogP contribution is -2.50. The van der Waals surface area contributed by atoms with E-state index in [9.17, 15) is 0 Å². The zero-order chi connectivity index (χ0) is 11.4. The van der Waals surface area contributed by atoms with E-state index < -0.39 is 0 Å². The summed E-state index contributed by atoms with van der Waals surface area (Å²) in [4.78, 5) is 6.49. The Labute approximate surface area is 91.6 Å². The third-order valence-corrected chi connectivity index (χ3v) is 2.68. The van der Waals surface area contributed by atoms with Crippen LogP contribution in [0.2, 0.25) is 0 Å². The van der Waals surface area contributed by atoms with Gasteiger partial charge in [0.25, 0.3) is 0 Å². The molecule has 0 aromatic rings. The van der Waals surface area contributed by atoms with Gasteiger partial charge in [0.15, 0.2) is 0 Å². The van der Waals surface area contributed by atoms with Crippen molar-refractivity contribution in [3.8, 4) is 0 Å². The van der Waals surface area contributed by atoms with Crippen LogP contribution in [0.4, 0.5) is 0 Å². The Bertz CT molecular complexity index is 229. The van der Waals surface area contributed by atoms with E-state index in [0.717, 1.165) is 19.0 Å². The predicted molar refractivity (Wildman–Crippen MR) is 61.5 cm³/mol. The molecule has 0 amide bonds. The third-order valence-electron chi connectivity index (χ3n) is 2.68. The minimum atomic E-state index is 0.233. The summed E-state index contributed by atoms with van der Waals surface area (Å²) in [6.45, 7) is 6.95. The molecular weight excluding hydrogens is 192 g/mol. The van der Waals surface area contributed by atoms with Crippen molar-refractivity contribution in [2.75, 3.05) is 13.7 Å². The lowest BCUT2D eigenvalue weighted by molar-refractivity contribution is 0.0991. The number of nitrogens with two attached hydrogens (primary N) is 1. The van der Waals surface area contributed by atoms with E-state index in [1.807, 2.05) is 20.9 Å². The molecule has 0 aliphatic carbocycles. The normalized spacial score (nSPS) is 27.2. The van der Waals surface area contributed by atoms with Gasteiger partial charge in [0, 0.05) is 19.7 Å². The Balaban J connectivity index is 2.67. The van der Waals surface area contributed by atoms with Crippen LogP contribution in [-0.4, -0.2) is 42.7 Å². The van der Waals surface area contributed by atoms with E-state index in [2.05, 4.69) is 22.2 Å². The van der Waals surface area contributed by atoms with Crippen LogP contribution in [0, 0.1) is 0 Å². The number of ether oxygens (including phenoxy) is 1. The van der Waals surface area contributed by atoms with Gasteiger partial charge in [-0.3, -0.25) is 5.43 Å². The van der Waals surface area contributed by atoms with E-state index in [1.54, 1.807) is 0 Å². The van der Waals surface area contributed by atoms with Crippen LogP contribution in [0.3, 0.4) is 0 Å². The summed E-state index contributed by atoms with van der Waals surface area (Å²) in [6, 6.07) is 0.592. The highest BCUT2D eigenvalue weighted by Crippen LogP contribution is 2.18. The summed E-state index contributed by atoms with van der Waals surface area (Å²) in [5.41, 5.74) is 2.65. The molecule has 0 radical (unpaired) electrons. The monoisotopic (exact) mass is 214 g/mol. The zero-order valence-electron chi connectivity index (χ0n) is 10.0. The number of likely N-dealkylation sites (N-methyl/N-ethyl adjacent to an activating group) is 1. The van der Waals surface area contributed by atoms with Gasteiger partial charge in [-0.25, -0.2) is 10.8 Å². The highest BCUT2D eigenvalue weighted by atomic mass is 16.5. The van der Waals surface area contributed by atoms with Crippen molar-refractivity contribution in [1.82, 2.24) is 10.3 Å². The van der Waals surface area contributed by atoms with Crippen LogP contribution in [0.1, 0.15) is 27.2 Å². The van der Waals surface area contributed by atoms with Crippen molar-refractivity contribution in [3.05, 3.63) is 0 Å². The number of hydrogen-bond donors (Lipinski definition) is 2. The molecule has 0 spiro atoms. The van der Waals surface area contributed by atoms with Gasteiger partial charge in [-0.15, -0.1) is 0 Å². The van der Waals surface area contributed by atoms with Gasteiger partial charge in [-0.1, -0.05) is 0 Å². The van der Waals surface area contributed by atoms with Gasteiger partial charge in [0.05, 0.1) is 12.1 Å².